The number of allylic oxidation sites excluding steroid dienone is 2. The average molecular weight is 385 g/mol. The zero-order valence-electron chi connectivity index (χ0n) is 19.2. The van der Waals surface area contributed by atoms with Crippen molar-refractivity contribution in [3.05, 3.63) is 93.1 Å². The summed E-state index contributed by atoms with van der Waals surface area (Å²) in [7, 11) is 0. The Morgan fingerprint density at radius 3 is 1.24 bits per heavy atom. The lowest BCUT2D eigenvalue weighted by Gasteiger charge is -2.18. The average Bonchev–Trinajstić information content (AvgIpc) is 3.03. The second-order valence-electron chi connectivity index (χ2n) is 9.76. The summed E-state index contributed by atoms with van der Waals surface area (Å²) in [5.74, 6) is 2.01. The Labute approximate surface area is 177 Å². The van der Waals surface area contributed by atoms with Crippen LogP contribution in [0, 0.1) is 27.7 Å². The fraction of sp³-hybridized carbons (Fsp3) is 0.448. The van der Waals surface area contributed by atoms with Crippen LogP contribution in [0.15, 0.2) is 48.6 Å². The summed E-state index contributed by atoms with van der Waals surface area (Å²) in [6, 6.07) is 9.68. The van der Waals surface area contributed by atoms with Crippen molar-refractivity contribution in [1.82, 2.24) is 0 Å². The van der Waals surface area contributed by atoms with Crippen molar-refractivity contribution in [3.63, 3.8) is 0 Å². The summed E-state index contributed by atoms with van der Waals surface area (Å²) in [5.41, 5.74) is 14.6. The van der Waals surface area contributed by atoms with Crippen molar-refractivity contribution in [2.24, 2.45) is 0 Å². The Morgan fingerprint density at radius 2 is 0.897 bits per heavy atom. The molecule has 0 saturated heterocycles. The summed E-state index contributed by atoms with van der Waals surface area (Å²) < 4.78 is 0. The molecule has 4 atom stereocenters. The van der Waals surface area contributed by atoms with E-state index in [0.29, 0.717) is 23.7 Å². The van der Waals surface area contributed by atoms with E-state index in [2.05, 4.69) is 79.0 Å². The van der Waals surface area contributed by atoms with Crippen molar-refractivity contribution >= 4 is 0 Å². The summed E-state index contributed by atoms with van der Waals surface area (Å²) in [5, 5.41) is 0. The normalized spacial score (nSPS) is 25.4. The van der Waals surface area contributed by atoms with Gasteiger partial charge < -0.3 is 0 Å². The van der Waals surface area contributed by atoms with Gasteiger partial charge in [-0.15, -0.1) is 0 Å². The van der Waals surface area contributed by atoms with Crippen LogP contribution < -0.4 is 0 Å². The first kappa shape index (κ1) is 20.2. The number of aryl methyl sites for hydroxylation is 4. The van der Waals surface area contributed by atoms with Crippen LogP contribution in [0.2, 0.25) is 0 Å². The van der Waals surface area contributed by atoms with Gasteiger partial charge in [0.2, 0.25) is 0 Å². The minimum atomic E-state index is 0.488. The number of fused-ring (bicyclic) bond motifs is 2. The molecule has 2 aromatic carbocycles. The van der Waals surface area contributed by atoms with Gasteiger partial charge in [0.1, 0.15) is 0 Å². The van der Waals surface area contributed by atoms with E-state index in [4.69, 9.17) is 0 Å². The lowest BCUT2D eigenvalue weighted by Crippen LogP contribution is -2.02. The molecule has 0 heteroatoms. The van der Waals surface area contributed by atoms with Gasteiger partial charge in [-0.3, -0.25) is 0 Å². The fourth-order valence-corrected chi connectivity index (χ4v) is 5.69. The molecule has 29 heavy (non-hydrogen) atoms. The molecule has 0 aromatic heterocycles. The van der Waals surface area contributed by atoms with Crippen LogP contribution in [0.3, 0.4) is 0 Å². The molecule has 152 valence electrons. The summed E-state index contributed by atoms with van der Waals surface area (Å²) in [4.78, 5) is 0. The van der Waals surface area contributed by atoms with Crippen LogP contribution in [0.5, 0.6) is 0 Å². The number of benzene rings is 2. The monoisotopic (exact) mass is 384 g/mol. The van der Waals surface area contributed by atoms with Crippen LogP contribution in [0.25, 0.3) is 0 Å². The Hall–Kier alpha value is -2.08. The Morgan fingerprint density at radius 1 is 0.586 bits per heavy atom. The maximum atomic E-state index is 4.51. The van der Waals surface area contributed by atoms with E-state index in [9.17, 15) is 0 Å². The third-order valence-electron chi connectivity index (χ3n) is 8.08. The molecular weight excluding hydrogens is 348 g/mol. The van der Waals surface area contributed by atoms with Gasteiger partial charge in [-0.25, -0.2) is 0 Å². The van der Waals surface area contributed by atoms with Crippen LogP contribution >= 0.6 is 0 Å². The molecule has 0 saturated carbocycles. The van der Waals surface area contributed by atoms with Gasteiger partial charge in [0.15, 0.2) is 0 Å². The topological polar surface area (TPSA) is 0 Å². The largest absolute Gasteiger partial charge is 0.0986 e. The molecule has 2 aromatic rings. The van der Waals surface area contributed by atoms with Gasteiger partial charge in [-0.2, -0.15) is 0 Å². The lowest BCUT2D eigenvalue weighted by atomic mass is 9.86. The van der Waals surface area contributed by atoms with E-state index in [1.165, 1.54) is 74.9 Å². The maximum absolute atomic E-state index is 4.51. The molecule has 0 spiro atoms. The minimum absolute atomic E-state index is 0.488. The Balaban J connectivity index is 1.52. The van der Waals surface area contributed by atoms with E-state index in [0.717, 1.165) is 0 Å². The van der Waals surface area contributed by atoms with Crippen molar-refractivity contribution in [1.29, 1.82) is 0 Å². The van der Waals surface area contributed by atoms with E-state index < -0.39 is 0 Å². The standard InChI is InChI=1S/C29H36/c1-16-12-26-22(7)20(5)24(28(26)14-18(16)3)10-9-11-25-21(6)23(8)27-13-17(2)19(4)15-29(25)27/h12-15,22-25H,5-6,9-11H2,1-4,7-8H3. The first-order valence-electron chi connectivity index (χ1n) is 11.3. The smallest absolute Gasteiger partial charge is 0.00545 e. The molecule has 0 N–H and O–H groups in total. The highest BCUT2D eigenvalue weighted by Gasteiger charge is 2.34. The molecule has 2 aliphatic carbocycles. The van der Waals surface area contributed by atoms with Crippen molar-refractivity contribution in [3.8, 4) is 0 Å². The highest BCUT2D eigenvalue weighted by atomic mass is 14.4. The van der Waals surface area contributed by atoms with Crippen LogP contribution in [-0.2, 0) is 0 Å². The summed E-state index contributed by atoms with van der Waals surface area (Å²) >= 11 is 0. The van der Waals surface area contributed by atoms with Crippen molar-refractivity contribution in [2.45, 2.75) is 84.5 Å². The van der Waals surface area contributed by atoms with Gasteiger partial charge >= 0.3 is 0 Å². The molecule has 0 amide bonds. The molecule has 0 fully saturated rings. The van der Waals surface area contributed by atoms with Crippen LogP contribution in [0.4, 0.5) is 0 Å². The third kappa shape index (κ3) is 3.21. The highest BCUT2D eigenvalue weighted by Crippen LogP contribution is 2.51. The van der Waals surface area contributed by atoms with Gasteiger partial charge in [0.05, 0.1) is 0 Å². The van der Waals surface area contributed by atoms with E-state index in [1.807, 2.05) is 0 Å². The predicted molar refractivity (Wildman–Crippen MR) is 126 cm³/mol. The van der Waals surface area contributed by atoms with Crippen molar-refractivity contribution in [2.75, 3.05) is 0 Å². The minimum Gasteiger partial charge on any atom is -0.0986 e. The number of hydrogen-bond acceptors (Lipinski definition) is 0. The highest BCUT2D eigenvalue weighted by molar-refractivity contribution is 5.53. The summed E-state index contributed by atoms with van der Waals surface area (Å²) in [6.07, 6.45) is 3.64. The van der Waals surface area contributed by atoms with Gasteiger partial charge in [0, 0.05) is 23.7 Å². The van der Waals surface area contributed by atoms with Crippen LogP contribution in [-0.4, -0.2) is 0 Å². The molecule has 2 aliphatic rings. The fourth-order valence-electron chi connectivity index (χ4n) is 5.69. The Kier molecular flexibility index (Phi) is 5.09. The second kappa shape index (κ2) is 7.31. The number of hydrogen-bond donors (Lipinski definition) is 0. The first-order valence-corrected chi connectivity index (χ1v) is 11.3. The number of rotatable bonds is 4. The van der Waals surface area contributed by atoms with E-state index in [-0.39, 0.29) is 0 Å². The predicted octanol–water partition coefficient (Wildman–Crippen LogP) is 8.30. The molecular formula is C29H36. The van der Waals surface area contributed by atoms with Gasteiger partial charge in [-0.1, -0.05) is 68.8 Å². The zero-order valence-corrected chi connectivity index (χ0v) is 19.2. The molecule has 0 radical (unpaired) electrons. The molecule has 0 heterocycles. The molecule has 0 aliphatic heterocycles. The lowest BCUT2D eigenvalue weighted by molar-refractivity contribution is 0.585. The van der Waals surface area contributed by atoms with Crippen molar-refractivity contribution < 1.29 is 0 Å². The summed E-state index contributed by atoms with van der Waals surface area (Å²) in [6.45, 7) is 22.6. The molecule has 4 rings (SSSR count). The Bertz CT molecular complexity index is 922. The first-order chi connectivity index (χ1) is 13.7. The quantitative estimate of drug-likeness (QED) is 0.465. The molecule has 4 unspecified atom stereocenters. The molecule has 0 nitrogen and oxygen atoms in total. The SMILES string of the molecule is C=C1C(C)c2cc(C)c(C)cc2C1CCCC1C(=C)C(C)c2cc(C)c(C)cc21. The maximum Gasteiger partial charge on any atom is 0.00545 e. The second-order valence-corrected chi connectivity index (χ2v) is 9.76. The van der Waals surface area contributed by atoms with Gasteiger partial charge in [0.25, 0.3) is 0 Å². The third-order valence-corrected chi connectivity index (χ3v) is 8.08. The van der Waals surface area contributed by atoms with Gasteiger partial charge in [-0.05, 0) is 85.0 Å². The zero-order chi connectivity index (χ0) is 21.0. The van der Waals surface area contributed by atoms with E-state index >= 15 is 0 Å². The van der Waals surface area contributed by atoms with Crippen LogP contribution in [0.1, 0.15) is 101 Å². The molecule has 0 bridgehead atoms. The van der Waals surface area contributed by atoms with E-state index in [1.54, 1.807) is 0 Å².